The quantitative estimate of drug-likeness (QED) is 0.714. The van der Waals surface area contributed by atoms with Gasteiger partial charge in [-0.1, -0.05) is 24.3 Å². The van der Waals surface area contributed by atoms with E-state index in [4.69, 9.17) is 5.73 Å². The maximum atomic E-state index is 13.8. The highest BCUT2D eigenvalue weighted by atomic mass is 19.1. The number of carbonyl (C=O) groups is 1. The van der Waals surface area contributed by atoms with Crippen molar-refractivity contribution in [3.8, 4) is 0 Å². The van der Waals surface area contributed by atoms with E-state index in [2.05, 4.69) is 10.3 Å². The molecule has 0 aliphatic rings. The molecule has 24 heavy (non-hydrogen) atoms. The summed E-state index contributed by atoms with van der Waals surface area (Å²) in [5, 5.41) is 3.02. The second-order valence-corrected chi connectivity index (χ2v) is 5.05. The molecule has 0 spiro atoms. The smallest absolute Gasteiger partial charge is 0.202 e. The Balaban J connectivity index is 1.91. The molecule has 3 rings (SSSR count). The Morgan fingerprint density at radius 2 is 1.58 bits per heavy atom. The van der Waals surface area contributed by atoms with E-state index in [0.29, 0.717) is 5.82 Å². The Hall–Kier alpha value is -3.28. The van der Waals surface area contributed by atoms with Gasteiger partial charge in [-0.25, -0.2) is 13.8 Å². The summed E-state index contributed by atoms with van der Waals surface area (Å²) in [7, 11) is 0. The summed E-state index contributed by atoms with van der Waals surface area (Å²) in [6, 6.07) is 15.4. The van der Waals surface area contributed by atoms with Crippen molar-refractivity contribution in [1.82, 2.24) is 4.98 Å². The molecule has 1 heterocycles. The van der Waals surface area contributed by atoms with Gasteiger partial charge in [-0.2, -0.15) is 0 Å². The van der Waals surface area contributed by atoms with E-state index in [1.807, 2.05) is 30.3 Å². The van der Waals surface area contributed by atoms with E-state index in [1.54, 1.807) is 0 Å². The van der Waals surface area contributed by atoms with Crippen LogP contribution in [0.5, 0.6) is 0 Å². The van der Waals surface area contributed by atoms with Crippen LogP contribution < -0.4 is 11.1 Å². The van der Waals surface area contributed by atoms with Crippen molar-refractivity contribution < 1.29 is 13.6 Å². The maximum Gasteiger partial charge on any atom is 0.202 e. The number of nitrogens with two attached hydrogens (primary N) is 1. The minimum Gasteiger partial charge on any atom is -0.383 e. The van der Waals surface area contributed by atoms with Crippen LogP contribution in [0.2, 0.25) is 0 Å². The third-order valence-corrected chi connectivity index (χ3v) is 3.41. The largest absolute Gasteiger partial charge is 0.383 e. The number of pyridine rings is 1. The zero-order valence-corrected chi connectivity index (χ0v) is 12.5. The standard InChI is InChI=1S/C18H13F2N3O/c19-13-7-4-8-14(20)16(13)17(24)12-9-10-15(23-18(12)21)22-11-5-2-1-3-6-11/h1-10H,(H3,21,22,23). The second kappa shape index (κ2) is 6.45. The number of para-hydroxylation sites is 1. The number of nitrogens with one attached hydrogen (secondary N) is 1. The topological polar surface area (TPSA) is 68.0 Å². The van der Waals surface area contributed by atoms with Crippen LogP contribution in [0, 0.1) is 11.6 Å². The number of rotatable bonds is 4. The molecule has 4 nitrogen and oxygen atoms in total. The van der Waals surface area contributed by atoms with Crippen molar-refractivity contribution in [3.05, 3.63) is 83.4 Å². The van der Waals surface area contributed by atoms with Gasteiger partial charge in [0.1, 0.15) is 23.3 Å². The van der Waals surface area contributed by atoms with Gasteiger partial charge in [0.05, 0.1) is 11.1 Å². The van der Waals surface area contributed by atoms with Crippen LogP contribution in [0.15, 0.2) is 60.7 Å². The molecule has 0 amide bonds. The number of nitrogens with zero attached hydrogens (tertiary/aromatic N) is 1. The summed E-state index contributed by atoms with van der Waals surface area (Å²) in [5.41, 5.74) is 5.89. The Kier molecular flexibility index (Phi) is 4.20. The van der Waals surface area contributed by atoms with E-state index < -0.39 is 23.0 Å². The van der Waals surface area contributed by atoms with Crippen LogP contribution in [-0.4, -0.2) is 10.8 Å². The number of hydrogen-bond acceptors (Lipinski definition) is 4. The van der Waals surface area contributed by atoms with Gasteiger partial charge >= 0.3 is 0 Å². The van der Waals surface area contributed by atoms with Crippen molar-refractivity contribution in [2.75, 3.05) is 11.1 Å². The Bertz CT molecular complexity index is 878. The van der Waals surface area contributed by atoms with Crippen molar-refractivity contribution in [2.45, 2.75) is 0 Å². The summed E-state index contributed by atoms with van der Waals surface area (Å²) < 4.78 is 27.5. The fourth-order valence-corrected chi connectivity index (χ4v) is 2.26. The first kappa shape index (κ1) is 15.6. The summed E-state index contributed by atoms with van der Waals surface area (Å²) in [5.74, 6) is -2.41. The molecule has 1 aromatic heterocycles. The normalized spacial score (nSPS) is 10.4. The molecule has 3 N–H and O–H groups in total. The number of carbonyl (C=O) groups excluding carboxylic acids is 1. The van der Waals surface area contributed by atoms with Gasteiger partial charge in [0.15, 0.2) is 0 Å². The number of ketones is 1. The Labute approximate surface area is 137 Å². The second-order valence-electron chi connectivity index (χ2n) is 5.05. The van der Waals surface area contributed by atoms with Crippen LogP contribution in [0.25, 0.3) is 0 Å². The van der Waals surface area contributed by atoms with Gasteiger partial charge in [-0.15, -0.1) is 0 Å². The third kappa shape index (κ3) is 3.08. The van der Waals surface area contributed by atoms with Crippen LogP contribution >= 0.6 is 0 Å². The molecule has 0 aliphatic carbocycles. The fraction of sp³-hybridized carbons (Fsp3) is 0. The number of aromatic nitrogens is 1. The van der Waals surface area contributed by atoms with Crippen LogP contribution in [0.1, 0.15) is 15.9 Å². The van der Waals surface area contributed by atoms with Crippen molar-refractivity contribution in [1.29, 1.82) is 0 Å². The molecular formula is C18H13F2N3O. The number of hydrogen-bond donors (Lipinski definition) is 2. The van der Waals surface area contributed by atoms with Crippen molar-refractivity contribution in [2.24, 2.45) is 0 Å². The average Bonchev–Trinajstić information content (AvgIpc) is 2.55. The van der Waals surface area contributed by atoms with E-state index in [1.165, 1.54) is 18.2 Å². The number of halogens is 2. The molecule has 120 valence electrons. The zero-order chi connectivity index (χ0) is 17.1. The highest BCUT2D eigenvalue weighted by Gasteiger charge is 2.21. The Morgan fingerprint density at radius 1 is 0.917 bits per heavy atom. The molecule has 0 fully saturated rings. The average molecular weight is 325 g/mol. The van der Waals surface area contributed by atoms with E-state index >= 15 is 0 Å². The predicted octanol–water partition coefficient (Wildman–Crippen LogP) is 3.92. The summed E-state index contributed by atoms with van der Waals surface area (Å²) in [4.78, 5) is 16.4. The van der Waals surface area contributed by atoms with Gasteiger partial charge in [-0.05, 0) is 36.4 Å². The lowest BCUT2D eigenvalue weighted by Gasteiger charge is -2.09. The first-order chi connectivity index (χ1) is 11.6. The summed E-state index contributed by atoms with van der Waals surface area (Å²) in [6.07, 6.45) is 0. The van der Waals surface area contributed by atoms with Gasteiger partial charge in [0.25, 0.3) is 0 Å². The van der Waals surface area contributed by atoms with Gasteiger partial charge in [0, 0.05) is 5.69 Å². The van der Waals surface area contributed by atoms with E-state index in [-0.39, 0.29) is 11.4 Å². The lowest BCUT2D eigenvalue weighted by Crippen LogP contribution is -2.11. The molecule has 2 aromatic carbocycles. The zero-order valence-electron chi connectivity index (χ0n) is 12.5. The molecule has 0 bridgehead atoms. The maximum absolute atomic E-state index is 13.8. The predicted molar refractivity (Wildman–Crippen MR) is 88.2 cm³/mol. The highest BCUT2D eigenvalue weighted by Crippen LogP contribution is 2.22. The van der Waals surface area contributed by atoms with Gasteiger partial charge in [0.2, 0.25) is 5.78 Å². The number of benzene rings is 2. The molecule has 0 radical (unpaired) electrons. The number of nitrogen functional groups attached to an aromatic ring is 1. The van der Waals surface area contributed by atoms with Crippen molar-refractivity contribution in [3.63, 3.8) is 0 Å². The molecular weight excluding hydrogens is 312 g/mol. The van der Waals surface area contributed by atoms with Crippen LogP contribution in [0.4, 0.5) is 26.1 Å². The molecule has 0 aliphatic heterocycles. The minimum absolute atomic E-state index is 0.0578. The molecule has 3 aromatic rings. The van der Waals surface area contributed by atoms with Crippen LogP contribution in [0.3, 0.4) is 0 Å². The first-order valence-corrected chi connectivity index (χ1v) is 7.13. The summed E-state index contributed by atoms with van der Waals surface area (Å²) >= 11 is 0. The van der Waals surface area contributed by atoms with Gasteiger partial charge < -0.3 is 11.1 Å². The van der Waals surface area contributed by atoms with E-state index in [9.17, 15) is 13.6 Å². The third-order valence-electron chi connectivity index (χ3n) is 3.41. The SMILES string of the molecule is Nc1nc(Nc2ccccc2)ccc1C(=O)c1c(F)cccc1F. The highest BCUT2D eigenvalue weighted by molar-refractivity contribution is 6.12. The minimum atomic E-state index is -0.939. The summed E-state index contributed by atoms with van der Waals surface area (Å²) in [6.45, 7) is 0. The molecule has 0 saturated carbocycles. The van der Waals surface area contributed by atoms with Crippen molar-refractivity contribution >= 4 is 23.1 Å². The Morgan fingerprint density at radius 3 is 2.21 bits per heavy atom. The fourth-order valence-electron chi connectivity index (χ4n) is 2.26. The molecule has 0 saturated heterocycles. The molecule has 0 unspecified atom stereocenters. The molecule has 0 atom stereocenters. The first-order valence-electron chi connectivity index (χ1n) is 7.13. The lowest BCUT2D eigenvalue weighted by molar-refractivity contribution is 0.103. The molecule has 6 heteroatoms. The van der Waals surface area contributed by atoms with Crippen LogP contribution in [-0.2, 0) is 0 Å². The monoisotopic (exact) mass is 325 g/mol. The van der Waals surface area contributed by atoms with Gasteiger partial charge in [-0.3, -0.25) is 4.79 Å². The van der Waals surface area contributed by atoms with E-state index in [0.717, 1.165) is 17.8 Å². The lowest BCUT2D eigenvalue weighted by atomic mass is 10.0. The number of anilines is 3.